The standard InChI is InChI=1S/C26H32N2S3/c1-3-5-7-9-11-19-15-23(29-17-19)21-13-14-22(26-25(21)27-31-28-26)24-16-20(18-30-24)12-10-8-6-4-2/h13-18H,3-12H2,1-2H3. The first kappa shape index (κ1) is 22.6. The van der Waals surface area contributed by atoms with Gasteiger partial charge in [-0.3, -0.25) is 0 Å². The molecule has 4 rings (SSSR count). The molecule has 0 spiro atoms. The number of rotatable bonds is 12. The molecule has 0 bridgehead atoms. The summed E-state index contributed by atoms with van der Waals surface area (Å²) in [5.74, 6) is 0. The summed E-state index contributed by atoms with van der Waals surface area (Å²) < 4.78 is 9.39. The molecule has 164 valence electrons. The third-order valence-corrected chi connectivity index (χ3v) is 8.44. The van der Waals surface area contributed by atoms with E-state index in [2.05, 4.69) is 48.9 Å². The third-order valence-electron chi connectivity index (χ3n) is 5.89. The van der Waals surface area contributed by atoms with Gasteiger partial charge in [0.1, 0.15) is 11.0 Å². The van der Waals surface area contributed by atoms with Gasteiger partial charge in [-0.25, -0.2) is 0 Å². The Balaban J connectivity index is 1.52. The lowest BCUT2D eigenvalue weighted by molar-refractivity contribution is 0.667. The highest BCUT2D eigenvalue weighted by atomic mass is 32.1. The fourth-order valence-corrected chi connectivity index (χ4v) is 6.60. The van der Waals surface area contributed by atoms with Crippen molar-refractivity contribution in [3.8, 4) is 20.9 Å². The van der Waals surface area contributed by atoms with E-state index in [1.165, 1.54) is 108 Å². The van der Waals surface area contributed by atoms with Gasteiger partial charge in [0.15, 0.2) is 0 Å². The van der Waals surface area contributed by atoms with Crippen LogP contribution in [0.3, 0.4) is 0 Å². The van der Waals surface area contributed by atoms with E-state index in [1.54, 1.807) is 0 Å². The number of nitrogens with zero attached hydrogens (tertiary/aromatic N) is 2. The SMILES string of the molecule is CCCCCCc1csc(-c2ccc(-c3cc(CCCCCC)cs3)c3nsnc23)c1. The minimum Gasteiger partial charge on any atom is -0.172 e. The fourth-order valence-electron chi connectivity index (χ4n) is 4.07. The second-order valence-electron chi connectivity index (χ2n) is 8.38. The number of benzene rings is 1. The number of hydrogen-bond donors (Lipinski definition) is 0. The molecule has 2 nitrogen and oxygen atoms in total. The molecule has 3 heterocycles. The zero-order valence-electron chi connectivity index (χ0n) is 18.7. The molecule has 0 amide bonds. The second kappa shape index (κ2) is 11.3. The average Bonchev–Trinajstić information content (AvgIpc) is 3.54. The molecule has 1 aromatic carbocycles. The first-order chi connectivity index (χ1) is 15.3. The topological polar surface area (TPSA) is 25.8 Å². The van der Waals surface area contributed by atoms with Gasteiger partial charge in [-0.15, -0.1) is 22.7 Å². The zero-order valence-corrected chi connectivity index (χ0v) is 21.1. The van der Waals surface area contributed by atoms with Crippen molar-refractivity contribution >= 4 is 45.4 Å². The van der Waals surface area contributed by atoms with Gasteiger partial charge >= 0.3 is 0 Å². The van der Waals surface area contributed by atoms with Crippen molar-refractivity contribution in [2.75, 3.05) is 0 Å². The number of fused-ring (bicyclic) bond motifs is 1. The summed E-state index contributed by atoms with van der Waals surface area (Å²) in [5.41, 5.74) is 7.49. The Bertz CT molecular complexity index is 1000. The molecular weight excluding hydrogens is 437 g/mol. The largest absolute Gasteiger partial charge is 0.172 e. The van der Waals surface area contributed by atoms with E-state index in [4.69, 9.17) is 8.75 Å². The number of aromatic nitrogens is 2. The van der Waals surface area contributed by atoms with Gasteiger partial charge in [0, 0.05) is 20.9 Å². The van der Waals surface area contributed by atoms with E-state index in [9.17, 15) is 0 Å². The lowest BCUT2D eigenvalue weighted by Crippen LogP contribution is -1.84. The summed E-state index contributed by atoms with van der Waals surface area (Å²) in [4.78, 5) is 2.63. The molecule has 0 aliphatic rings. The van der Waals surface area contributed by atoms with E-state index in [0.29, 0.717) is 0 Å². The van der Waals surface area contributed by atoms with Crippen molar-refractivity contribution in [2.45, 2.75) is 78.1 Å². The predicted molar refractivity (Wildman–Crippen MR) is 140 cm³/mol. The van der Waals surface area contributed by atoms with Gasteiger partial charge in [-0.1, -0.05) is 64.5 Å². The smallest absolute Gasteiger partial charge is 0.114 e. The Morgan fingerprint density at radius 1 is 0.645 bits per heavy atom. The summed E-state index contributed by atoms with van der Waals surface area (Å²) >= 11 is 5.02. The highest BCUT2D eigenvalue weighted by molar-refractivity contribution is 7.14. The molecular formula is C26H32N2S3. The molecule has 0 N–H and O–H groups in total. The molecule has 0 radical (unpaired) electrons. The first-order valence-electron chi connectivity index (χ1n) is 11.7. The van der Waals surface area contributed by atoms with Crippen molar-refractivity contribution in [3.63, 3.8) is 0 Å². The van der Waals surface area contributed by atoms with Gasteiger partial charge in [0.05, 0.1) is 11.7 Å². The molecule has 0 saturated carbocycles. The maximum atomic E-state index is 4.70. The summed E-state index contributed by atoms with van der Waals surface area (Å²) in [5, 5.41) is 4.65. The van der Waals surface area contributed by atoms with E-state index < -0.39 is 0 Å². The summed E-state index contributed by atoms with van der Waals surface area (Å²) in [6.07, 6.45) is 12.9. The molecule has 0 saturated heterocycles. The van der Waals surface area contributed by atoms with Gasteiger partial charge in [-0.05, 0) is 59.7 Å². The van der Waals surface area contributed by atoms with E-state index in [-0.39, 0.29) is 0 Å². The molecule has 31 heavy (non-hydrogen) atoms. The Hall–Kier alpha value is -1.56. The van der Waals surface area contributed by atoms with Crippen LogP contribution in [0.15, 0.2) is 35.0 Å². The summed E-state index contributed by atoms with van der Waals surface area (Å²) in [7, 11) is 0. The summed E-state index contributed by atoms with van der Waals surface area (Å²) in [6, 6.07) is 9.24. The lowest BCUT2D eigenvalue weighted by Gasteiger charge is -2.03. The maximum Gasteiger partial charge on any atom is 0.114 e. The van der Waals surface area contributed by atoms with Crippen LogP contribution in [-0.4, -0.2) is 8.75 Å². The Morgan fingerprint density at radius 2 is 1.13 bits per heavy atom. The van der Waals surface area contributed by atoms with Crippen LogP contribution in [0.4, 0.5) is 0 Å². The Labute approximate surface area is 198 Å². The van der Waals surface area contributed by atoms with Crippen molar-refractivity contribution < 1.29 is 0 Å². The van der Waals surface area contributed by atoms with Crippen LogP contribution in [0.25, 0.3) is 31.9 Å². The Kier molecular flexibility index (Phi) is 8.28. The van der Waals surface area contributed by atoms with Crippen LogP contribution in [0.1, 0.15) is 76.3 Å². The van der Waals surface area contributed by atoms with E-state index in [1.807, 2.05) is 22.7 Å². The molecule has 3 aromatic heterocycles. The average molecular weight is 469 g/mol. The Morgan fingerprint density at radius 3 is 1.58 bits per heavy atom. The molecule has 0 aliphatic carbocycles. The lowest BCUT2D eigenvalue weighted by atomic mass is 10.0. The van der Waals surface area contributed by atoms with Gasteiger partial charge in [0.2, 0.25) is 0 Å². The monoisotopic (exact) mass is 468 g/mol. The third kappa shape index (κ3) is 5.63. The van der Waals surface area contributed by atoms with E-state index >= 15 is 0 Å². The van der Waals surface area contributed by atoms with Crippen molar-refractivity contribution in [2.24, 2.45) is 0 Å². The first-order valence-corrected chi connectivity index (χ1v) is 14.2. The molecule has 4 aromatic rings. The van der Waals surface area contributed by atoms with Crippen LogP contribution < -0.4 is 0 Å². The van der Waals surface area contributed by atoms with Crippen LogP contribution in [-0.2, 0) is 12.8 Å². The van der Waals surface area contributed by atoms with Crippen LogP contribution >= 0.6 is 34.4 Å². The number of unbranched alkanes of at least 4 members (excludes halogenated alkanes) is 6. The normalized spacial score (nSPS) is 11.5. The highest BCUT2D eigenvalue weighted by Crippen LogP contribution is 2.39. The van der Waals surface area contributed by atoms with Crippen molar-refractivity contribution in [1.29, 1.82) is 0 Å². The highest BCUT2D eigenvalue weighted by Gasteiger charge is 2.16. The van der Waals surface area contributed by atoms with Crippen LogP contribution in [0.5, 0.6) is 0 Å². The number of aryl methyl sites for hydroxylation is 2. The predicted octanol–water partition coefficient (Wildman–Crippen LogP) is 9.39. The fraction of sp³-hybridized carbons (Fsp3) is 0.462. The molecule has 0 unspecified atom stereocenters. The second-order valence-corrected chi connectivity index (χ2v) is 10.7. The van der Waals surface area contributed by atoms with Crippen molar-refractivity contribution in [1.82, 2.24) is 8.75 Å². The zero-order chi connectivity index (χ0) is 21.5. The maximum absolute atomic E-state index is 4.70. The van der Waals surface area contributed by atoms with E-state index in [0.717, 1.165) is 11.0 Å². The minimum atomic E-state index is 1.06. The van der Waals surface area contributed by atoms with Gasteiger partial charge in [0.25, 0.3) is 0 Å². The molecule has 5 heteroatoms. The molecule has 0 fully saturated rings. The van der Waals surface area contributed by atoms with Crippen LogP contribution in [0, 0.1) is 0 Å². The molecule has 0 atom stereocenters. The number of thiophene rings is 2. The van der Waals surface area contributed by atoms with Crippen molar-refractivity contribution in [3.05, 3.63) is 46.2 Å². The van der Waals surface area contributed by atoms with Gasteiger partial charge in [-0.2, -0.15) is 8.75 Å². The quantitative estimate of drug-likeness (QED) is 0.193. The van der Waals surface area contributed by atoms with Gasteiger partial charge < -0.3 is 0 Å². The molecule has 0 aliphatic heterocycles. The summed E-state index contributed by atoms with van der Waals surface area (Å²) in [6.45, 7) is 4.54. The number of hydrogen-bond acceptors (Lipinski definition) is 5. The van der Waals surface area contributed by atoms with Crippen LogP contribution in [0.2, 0.25) is 0 Å². The minimum absolute atomic E-state index is 1.06.